The SMILES string of the molecule is O=Cc1cc(F)ccc1Oc1nncnc1N1CC2(CC(Oc3ccnc4c3C(COCC(F)F)NCC4)C2)C1. The quantitative estimate of drug-likeness (QED) is 0.372. The molecule has 1 atom stereocenters. The number of rotatable bonds is 10. The van der Waals surface area contributed by atoms with Crippen LogP contribution in [0.4, 0.5) is 19.0 Å². The molecule has 3 aliphatic rings. The van der Waals surface area contributed by atoms with Gasteiger partial charge in [0, 0.05) is 43.2 Å². The van der Waals surface area contributed by atoms with Crippen molar-refractivity contribution >= 4 is 12.1 Å². The number of alkyl halides is 2. The van der Waals surface area contributed by atoms with Crippen LogP contribution in [0.1, 0.15) is 40.5 Å². The second-order valence-corrected chi connectivity index (χ2v) is 10.3. The Bertz CT molecular complexity index is 1380. The van der Waals surface area contributed by atoms with E-state index in [0.29, 0.717) is 37.5 Å². The van der Waals surface area contributed by atoms with E-state index in [9.17, 15) is 18.0 Å². The number of carbonyl (C=O) groups is 1. The molecule has 210 valence electrons. The minimum Gasteiger partial charge on any atom is -0.490 e. The van der Waals surface area contributed by atoms with Crippen molar-refractivity contribution in [2.75, 3.05) is 37.7 Å². The van der Waals surface area contributed by atoms with Gasteiger partial charge in [0.1, 0.15) is 36.4 Å². The molecule has 3 aromatic rings. The lowest BCUT2D eigenvalue weighted by Crippen LogP contribution is -2.65. The standard InChI is InChI=1S/C27H27F3N6O4/c28-17-1-2-21(16(7-17)10-37)40-26-25(33-15-34-35-26)36-13-27(14-36)8-18(9-27)39-22-4-6-31-19-3-5-32-20(24(19)22)11-38-12-23(29)30/h1-2,4,6-7,10,15,18,20,23,32H,3,5,8-9,11-14H2. The second-order valence-electron chi connectivity index (χ2n) is 10.3. The zero-order chi connectivity index (χ0) is 27.7. The number of benzene rings is 1. The topological polar surface area (TPSA) is 112 Å². The number of hydrogen-bond acceptors (Lipinski definition) is 10. The molecule has 1 aliphatic carbocycles. The summed E-state index contributed by atoms with van der Waals surface area (Å²) in [6, 6.07) is 5.22. The molecule has 1 unspecified atom stereocenters. The number of hydrogen-bond donors (Lipinski definition) is 1. The van der Waals surface area contributed by atoms with Crippen molar-refractivity contribution in [1.82, 2.24) is 25.5 Å². The van der Waals surface area contributed by atoms with Crippen LogP contribution in [-0.2, 0) is 11.2 Å². The van der Waals surface area contributed by atoms with E-state index in [4.69, 9.17) is 14.2 Å². The summed E-state index contributed by atoms with van der Waals surface area (Å²) in [5.74, 6) is 0.958. The number of fused-ring (bicyclic) bond motifs is 1. The smallest absolute Gasteiger partial charge is 0.282 e. The molecule has 2 aromatic heterocycles. The lowest BCUT2D eigenvalue weighted by atomic mass is 9.61. The second kappa shape index (κ2) is 11.0. The van der Waals surface area contributed by atoms with Gasteiger partial charge in [0.2, 0.25) is 0 Å². The number of ether oxygens (including phenoxy) is 3. The molecule has 13 heteroatoms. The molecule has 2 fully saturated rings. The summed E-state index contributed by atoms with van der Waals surface area (Å²) < 4.78 is 56.1. The first-order valence-electron chi connectivity index (χ1n) is 13.0. The molecule has 1 saturated heterocycles. The Morgan fingerprint density at radius 1 is 1.18 bits per heavy atom. The number of halogens is 3. The van der Waals surface area contributed by atoms with Crippen molar-refractivity contribution in [1.29, 1.82) is 0 Å². The van der Waals surface area contributed by atoms with E-state index in [1.807, 2.05) is 11.0 Å². The molecule has 1 N–H and O–H groups in total. The number of pyridine rings is 1. The molecule has 1 aromatic carbocycles. The van der Waals surface area contributed by atoms with Gasteiger partial charge in [0.15, 0.2) is 12.1 Å². The van der Waals surface area contributed by atoms with Crippen molar-refractivity contribution in [3.63, 3.8) is 0 Å². The first-order valence-corrected chi connectivity index (χ1v) is 13.0. The van der Waals surface area contributed by atoms with Crippen LogP contribution in [0.15, 0.2) is 36.8 Å². The normalized spacial score (nSPS) is 19.6. The monoisotopic (exact) mass is 556 g/mol. The molecule has 1 saturated carbocycles. The van der Waals surface area contributed by atoms with E-state index in [0.717, 1.165) is 36.6 Å². The van der Waals surface area contributed by atoms with Crippen molar-refractivity contribution < 1.29 is 32.2 Å². The third-order valence-corrected chi connectivity index (χ3v) is 7.51. The Morgan fingerprint density at radius 2 is 2.02 bits per heavy atom. The third kappa shape index (κ3) is 5.30. The summed E-state index contributed by atoms with van der Waals surface area (Å²) in [5.41, 5.74) is 1.89. The minimum atomic E-state index is -2.52. The molecule has 10 nitrogen and oxygen atoms in total. The predicted molar refractivity (Wildman–Crippen MR) is 135 cm³/mol. The van der Waals surface area contributed by atoms with Gasteiger partial charge in [-0.2, -0.15) is 0 Å². The molecule has 6 rings (SSSR count). The van der Waals surface area contributed by atoms with Crippen LogP contribution in [0.3, 0.4) is 0 Å². The number of carbonyl (C=O) groups excluding carboxylic acids is 1. The van der Waals surface area contributed by atoms with Crippen LogP contribution >= 0.6 is 0 Å². The van der Waals surface area contributed by atoms with Gasteiger partial charge in [0.25, 0.3) is 12.3 Å². The van der Waals surface area contributed by atoms with E-state index < -0.39 is 18.8 Å². The van der Waals surface area contributed by atoms with Gasteiger partial charge < -0.3 is 24.4 Å². The van der Waals surface area contributed by atoms with Crippen LogP contribution in [0, 0.1) is 11.2 Å². The van der Waals surface area contributed by atoms with Gasteiger partial charge in [0.05, 0.1) is 23.9 Å². The summed E-state index contributed by atoms with van der Waals surface area (Å²) in [6.07, 6.45) is 3.45. The summed E-state index contributed by atoms with van der Waals surface area (Å²) >= 11 is 0. The van der Waals surface area contributed by atoms with E-state index in [1.54, 1.807) is 6.20 Å². The van der Waals surface area contributed by atoms with Crippen LogP contribution in [0.2, 0.25) is 0 Å². The van der Waals surface area contributed by atoms with Crippen LogP contribution in [0.5, 0.6) is 17.4 Å². The number of anilines is 1. The van der Waals surface area contributed by atoms with Crippen molar-refractivity contribution in [2.24, 2.45) is 5.41 Å². The third-order valence-electron chi connectivity index (χ3n) is 7.51. The highest BCUT2D eigenvalue weighted by Crippen LogP contribution is 2.52. The van der Waals surface area contributed by atoms with Gasteiger partial charge in [-0.25, -0.2) is 18.2 Å². The Balaban J connectivity index is 1.08. The Hall–Kier alpha value is -3.84. The fraction of sp³-hybridized carbons (Fsp3) is 0.444. The zero-order valence-electron chi connectivity index (χ0n) is 21.4. The average Bonchev–Trinajstić information content (AvgIpc) is 2.90. The summed E-state index contributed by atoms with van der Waals surface area (Å²) in [7, 11) is 0. The van der Waals surface area contributed by atoms with Gasteiger partial charge >= 0.3 is 0 Å². The lowest BCUT2D eigenvalue weighted by Gasteiger charge is -2.58. The number of nitrogens with zero attached hydrogens (tertiary/aromatic N) is 5. The Morgan fingerprint density at radius 3 is 2.83 bits per heavy atom. The predicted octanol–water partition coefficient (Wildman–Crippen LogP) is 3.53. The van der Waals surface area contributed by atoms with E-state index in [-0.39, 0.29) is 41.4 Å². The Kier molecular flexibility index (Phi) is 7.24. The fourth-order valence-electron chi connectivity index (χ4n) is 5.75. The maximum absolute atomic E-state index is 13.5. The highest BCUT2D eigenvalue weighted by molar-refractivity contribution is 5.79. The number of aldehydes is 1. The van der Waals surface area contributed by atoms with Crippen molar-refractivity contribution in [3.05, 3.63) is 59.4 Å². The maximum Gasteiger partial charge on any atom is 0.282 e. The highest BCUT2D eigenvalue weighted by Gasteiger charge is 2.54. The maximum atomic E-state index is 13.5. The zero-order valence-corrected chi connectivity index (χ0v) is 21.4. The molecule has 1 spiro atoms. The van der Waals surface area contributed by atoms with Gasteiger partial charge in [-0.3, -0.25) is 9.78 Å². The van der Waals surface area contributed by atoms with Gasteiger partial charge in [-0.1, -0.05) is 0 Å². The van der Waals surface area contributed by atoms with E-state index >= 15 is 0 Å². The number of nitrogens with one attached hydrogen (secondary N) is 1. The number of aromatic nitrogens is 4. The molecule has 40 heavy (non-hydrogen) atoms. The van der Waals surface area contributed by atoms with Crippen molar-refractivity contribution in [3.8, 4) is 17.4 Å². The first kappa shape index (κ1) is 26.4. The first-order chi connectivity index (χ1) is 19.4. The van der Waals surface area contributed by atoms with Crippen LogP contribution in [-0.4, -0.2) is 71.8 Å². The van der Waals surface area contributed by atoms with E-state index in [2.05, 4.69) is 25.5 Å². The molecule has 0 bridgehead atoms. The molecule has 2 aliphatic heterocycles. The van der Waals surface area contributed by atoms with Gasteiger partial charge in [-0.05, 0) is 37.1 Å². The fourth-order valence-corrected chi connectivity index (χ4v) is 5.75. The molecular weight excluding hydrogens is 529 g/mol. The van der Waals surface area contributed by atoms with Crippen molar-refractivity contribution in [2.45, 2.75) is 37.8 Å². The summed E-state index contributed by atoms with van der Waals surface area (Å²) in [5, 5.41) is 11.2. The molecule has 0 amide bonds. The van der Waals surface area contributed by atoms with Crippen LogP contribution < -0.4 is 19.7 Å². The average molecular weight is 557 g/mol. The molecular formula is C27H27F3N6O4. The molecule has 0 radical (unpaired) electrons. The summed E-state index contributed by atoms with van der Waals surface area (Å²) in [4.78, 5) is 22.2. The lowest BCUT2D eigenvalue weighted by molar-refractivity contribution is -0.0357. The molecule has 4 heterocycles. The summed E-state index contributed by atoms with van der Waals surface area (Å²) in [6.45, 7) is 1.63. The van der Waals surface area contributed by atoms with Crippen LogP contribution in [0.25, 0.3) is 0 Å². The largest absolute Gasteiger partial charge is 0.490 e. The van der Waals surface area contributed by atoms with E-state index in [1.165, 1.54) is 18.5 Å². The minimum absolute atomic E-state index is 0.00631. The Labute approximate surface area is 227 Å². The van der Waals surface area contributed by atoms with Gasteiger partial charge in [-0.15, -0.1) is 10.2 Å². The highest BCUT2D eigenvalue weighted by atomic mass is 19.3.